The fraction of sp³-hybridized carbons (Fsp3) is 0.111. The highest BCUT2D eigenvalue weighted by Crippen LogP contribution is 2.42. The summed E-state index contributed by atoms with van der Waals surface area (Å²) < 4.78 is 45.5. The average Bonchev–Trinajstić information content (AvgIpc) is 2.58. The molecule has 0 saturated carbocycles. The molecule has 3 aromatic rings. The van der Waals surface area contributed by atoms with Crippen LogP contribution in [0.3, 0.4) is 0 Å². The molecule has 0 bridgehead atoms. The number of primary amides is 1. The molecular formula is C18H14F3N3O2. The van der Waals surface area contributed by atoms with Gasteiger partial charge < -0.3 is 16.2 Å². The highest BCUT2D eigenvalue weighted by atomic mass is 19.4. The summed E-state index contributed by atoms with van der Waals surface area (Å²) in [5, 5.41) is 0.104. The number of fused-ring (bicyclic) bond motifs is 1. The number of carbonyl (C=O) groups excluding carboxylic acids is 1. The van der Waals surface area contributed by atoms with Crippen molar-refractivity contribution in [3.8, 4) is 16.9 Å². The first-order chi connectivity index (χ1) is 12.3. The zero-order chi connectivity index (χ0) is 19.1. The van der Waals surface area contributed by atoms with E-state index in [-0.39, 0.29) is 27.8 Å². The van der Waals surface area contributed by atoms with Gasteiger partial charge in [0.2, 0.25) is 0 Å². The lowest BCUT2D eigenvalue weighted by atomic mass is 9.93. The van der Waals surface area contributed by atoms with E-state index in [4.69, 9.17) is 16.2 Å². The lowest BCUT2D eigenvalue weighted by Gasteiger charge is -2.18. The minimum Gasteiger partial charge on any atom is -0.496 e. The standard InChI is InChI=1S/C18H14F3N3O2/c1-26-12-8-3-2-5-9(12)13-10-6-4-7-11(18(19,20)21)15(10)24-16(22)14(13)17(23)25/h2-8H,1H3,(H2,22,24)(H2,23,25). The number of hydrogen-bond donors (Lipinski definition) is 2. The van der Waals surface area contributed by atoms with Gasteiger partial charge in [-0.15, -0.1) is 0 Å². The number of aromatic nitrogens is 1. The number of methoxy groups -OCH3 is 1. The number of halogens is 3. The van der Waals surface area contributed by atoms with Crippen molar-refractivity contribution < 1.29 is 22.7 Å². The van der Waals surface area contributed by atoms with E-state index >= 15 is 0 Å². The maximum atomic E-state index is 13.4. The van der Waals surface area contributed by atoms with Gasteiger partial charge in [0, 0.05) is 16.5 Å². The van der Waals surface area contributed by atoms with Crippen LogP contribution in [0.25, 0.3) is 22.0 Å². The quantitative estimate of drug-likeness (QED) is 0.745. The summed E-state index contributed by atoms with van der Waals surface area (Å²) in [6.07, 6.45) is -4.63. The van der Waals surface area contributed by atoms with Crippen LogP contribution in [0.2, 0.25) is 0 Å². The summed E-state index contributed by atoms with van der Waals surface area (Å²) in [5.41, 5.74) is 10.3. The normalized spacial score (nSPS) is 11.5. The van der Waals surface area contributed by atoms with Crippen LogP contribution in [-0.2, 0) is 6.18 Å². The van der Waals surface area contributed by atoms with Crippen molar-refractivity contribution in [2.75, 3.05) is 12.8 Å². The van der Waals surface area contributed by atoms with E-state index in [1.165, 1.54) is 19.2 Å². The molecule has 3 rings (SSSR count). The van der Waals surface area contributed by atoms with Crippen LogP contribution in [0.5, 0.6) is 5.75 Å². The fourth-order valence-electron chi connectivity index (χ4n) is 2.91. The lowest BCUT2D eigenvalue weighted by Crippen LogP contribution is -2.17. The molecule has 0 fully saturated rings. The maximum Gasteiger partial charge on any atom is 0.418 e. The Balaban J connectivity index is 2.54. The highest BCUT2D eigenvalue weighted by molar-refractivity contribution is 6.12. The Morgan fingerprint density at radius 2 is 1.81 bits per heavy atom. The third kappa shape index (κ3) is 2.79. The molecule has 2 aromatic carbocycles. The SMILES string of the molecule is COc1ccccc1-c1c(C(N)=O)c(N)nc2c(C(F)(F)F)cccc12. The van der Waals surface area contributed by atoms with E-state index < -0.39 is 17.6 Å². The van der Waals surface area contributed by atoms with Crippen LogP contribution >= 0.6 is 0 Å². The van der Waals surface area contributed by atoms with Gasteiger partial charge in [0.1, 0.15) is 11.6 Å². The van der Waals surface area contributed by atoms with Crippen LogP contribution in [0.1, 0.15) is 15.9 Å². The van der Waals surface area contributed by atoms with Crippen molar-refractivity contribution in [1.29, 1.82) is 0 Å². The molecule has 0 atom stereocenters. The summed E-state index contributed by atoms with van der Waals surface area (Å²) in [7, 11) is 1.41. The molecule has 1 aromatic heterocycles. The van der Waals surface area contributed by atoms with E-state index in [9.17, 15) is 18.0 Å². The molecule has 0 aliphatic rings. The van der Waals surface area contributed by atoms with E-state index in [1.54, 1.807) is 24.3 Å². The van der Waals surface area contributed by atoms with Crippen molar-refractivity contribution in [1.82, 2.24) is 4.98 Å². The minimum absolute atomic E-state index is 0.104. The summed E-state index contributed by atoms with van der Waals surface area (Å²) in [6, 6.07) is 10.2. The molecule has 4 N–H and O–H groups in total. The van der Waals surface area contributed by atoms with Crippen LogP contribution in [0.15, 0.2) is 42.5 Å². The van der Waals surface area contributed by atoms with Crippen molar-refractivity contribution in [3.63, 3.8) is 0 Å². The predicted molar refractivity (Wildman–Crippen MR) is 91.7 cm³/mol. The Bertz CT molecular complexity index is 1020. The first-order valence-electron chi connectivity index (χ1n) is 7.48. The third-order valence-electron chi connectivity index (χ3n) is 3.97. The zero-order valence-corrected chi connectivity index (χ0v) is 13.6. The third-order valence-corrected chi connectivity index (χ3v) is 3.97. The number of anilines is 1. The maximum absolute atomic E-state index is 13.4. The Kier molecular flexibility index (Phi) is 4.19. The monoisotopic (exact) mass is 361 g/mol. The Morgan fingerprint density at radius 3 is 2.42 bits per heavy atom. The second-order valence-corrected chi connectivity index (χ2v) is 5.51. The number of benzene rings is 2. The van der Waals surface area contributed by atoms with Gasteiger partial charge in [0.25, 0.3) is 5.91 Å². The van der Waals surface area contributed by atoms with Crippen molar-refractivity contribution in [3.05, 3.63) is 53.6 Å². The highest BCUT2D eigenvalue weighted by Gasteiger charge is 2.34. The van der Waals surface area contributed by atoms with Gasteiger partial charge in [-0.05, 0) is 12.1 Å². The number of nitrogens with zero attached hydrogens (tertiary/aromatic N) is 1. The predicted octanol–water partition coefficient (Wildman–Crippen LogP) is 3.61. The molecule has 1 heterocycles. The lowest BCUT2D eigenvalue weighted by molar-refractivity contribution is -0.136. The number of alkyl halides is 3. The van der Waals surface area contributed by atoms with E-state index in [2.05, 4.69) is 4.98 Å². The van der Waals surface area contributed by atoms with E-state index in [0.29, 0.717) is 11.3 Å². The fourth-order valence-corrected chi connectivity index (χ4v) is 2.91. The van der Waals surface area contributed by atoms with Gasteiger partial charge in [-0.1, -0.05) is 30.3 Å². The van der Waals surface area contributed by atoms with Gasteiger partial charge in [-0.2, -0.15) is 13.2 Å². The van der Waals surface area contributed by atoms with Gasteiger partial charge in [0.15, 0.2) is 0 Å². The number of pyridine rings is 1. The molecule has 0 radical (unpaired) electrons. The molecule has 0 aliphatic carbocycles. The number of ether oxygens (including phenoxy) is 1. The molecule has 0 aliphatic heterocycles. The summed E-state index contributed by atoms with van der Waals surface area (Å²) in [6.45, 7) is 0. The number of nitrogen functional groups attached to an aromatic ring is 1. The number of hydrogen-bond acceptors (Lipinski definition) is 4. The van der Waals surface area contributed by atoms with Crippen LogP contribution in [-0.4, -0.2) is 18.0 Å². The molecule has 0 saturated heterocycles. The van der Waals surface area contributed by atoms with Gasteiger partial charge in [-0.3, -0.25) is 4.79 Å². The smallest absolute Gasteiger partial charge is 0.418 e. The summed E-state index contributed by atoms with van der Waals surface area (Å²) in [5.74, 6) is -0.905. The number of amides is 1. The van der Waals surface area contributed by atoms with Crippen LogP contribution in [0, 0.1) is 0 Å². The molecule has 134 valence electrons. The Labute approximate surface area is 146 Å². The minimum atomic E-state index is -4.63. The average molecular weight is 361 g/mol. The van der Waals surface area contributed by atoms with Crippen molar-refractivity contribution in [2.24, 2.45) is 5.73 Å². The number of rotatable bonds is 3. The van der Waals surface area contributed by atoms with E-state index in [0.717, 1.165) is 6.07 Å². The second kappa shape index (κ2) is 6.21. The van der Waals surface area contributed by atoms with Crippen LogP contribution in [0.4, 0.5) is 19.0 Å². The molecular weight excluding hydrogens is 347 g/mol. The largest absolute Gasteiger partial charge is 0.496 e. The number of nitrogens with two attached hydrogens (primary N) is 2. The Morgan fingerprint density at radius 1 is 1.12 bits per heavy atom. The van der Waals surface area contributed by atoms with Crippen molar-refractivity contribution >= 4 is 22.6 Å². The summed E-state index contributed by atoms with van der Waals surface area (Å²) in [4.78, 5) is 15.8. The molecule has 0 spiro atoms. The zero-order valence-electron chi connectivity index (χ0n) is 13.6. The number of carbonyl (C=O) groups is 1. The topological polar surface area (TPSA) is 91.2 Å². The first kappa shape index (κ1) is 17.5. The van der Waals surface area contributed by atoms with Gasteiger partial charge in [0.05, 0.1) is 23.8 Å². The van der Waals surface area contributed by atoms with E-state index in [1.807, 2.05) is 0 Å². The molecule has 8 heteroatoms. The van der Waals surface area contributed by atoms with Gasteiger partial charge in [-0.25, -0.2) is 4.98 Å². The van der Waals surface area contributed by atoms with Crippen molar-refractivity contribution in [2.45, 2.75) is 6.18 Å². The Hall–Kier alpha value is -3.29. The molecule has 26 heavy (non-hydrogen) atoms. The first-order valence-corrected chi connectivity index (χ1v) is 7.48. The number of para-hydroxylation sites is 2. The summed E-state index contributed by atoms with van der Waals surface area (Å²) >= 11 is 0. The second-order valence-electron chi connectivity index (χ2n) is 5.51. The van der Waals surface area contributed by atoms with Gasteiger partial charge >= 0.3 is 6.18 Å². The van der Waals surface area contributed by atoms with Crippen LogP contribution < -0.4 is 16.2 Å². The molecule has 5 nitrogen and oxygen atoms in total. The molecule has 0 unspecified atom stereocenters. The molecule has 1 amide bonds.